The van der Waals surface area contributed by atoms with Gasteiger partial charge in [-0.2, -0.15) is 0 Å². The second kappa shape index (κ2) is 6.14. The predicted octanol–water partition coefficient (Wildman–Crippen LogP) is 1.96. The van der Waals surface area contributed by atoms with Gasteiger partial charge in [0.2, 0.25) is 0 Å². The van der Waals surface area contributed by atoms with Gasteiger partial charge in [0.25, 0.3) is 5.56 Å². The molecule has 0 saturated carbocycles. The van der Waals surface area contributed by atoms with Crippen LogP contribution in [0.2, 0.25) is 5.15 Å². The Morgan fingerprint density at radius 1 is 1.35 bits per heavy atom. The highest BCUT2D eigenvalue weighted by atomic mass is 35.5. The molecule has 0 aliphatic carbocycles. The topological polar surface area (TPSA) is 64.1 Å². The van der Waals surface area contributed by atoms with Crippen molar-refractivity contribution in [3.8, 4) is 0 Å². The standard InChI is InChI=1S/C14H21ClN2O3/c1-3-4-10-11(15)16-13(19)17(12(10)18)9-14(2)5-7-20-8-6-14/h3-9H2,1-2H3,(H,16,19). The van der Waals surface area contributed by atoms with Crippen LogP contribution in [-0.2, 0) is 17.7 Å². The molecule has 0 aromatic carbocycles. The molecule has 1 saturated heterocycles. The molecule has 0 spiro atoms. The number of aromatic nitrogens is 2. The number of hydrogen-bond donors (Lipinski definition) is 1. The monoisotopic (exact) mass is 300 g/mol. The van der Waals surface area contributed by atoms with E-state index in [9.17, 15) is 9.59 Å². The van der Waals surface area contributed by atoms with E-state index in [0.29, 0.717) is 31.7 Å². The number of aromatic amines is 1. The van der Waals surface area contributed by atoms with Gasteiger partial charge >= 0.3 is 5.69 Å². The minimum atomic E-state index is -0.424. The number of nitrogens with one attached hydrogen (secondary N) is 1. The summed E-state index contributed by atoms with van der Waals surface area (Å²) in [7, 11) is 0. The number of hydrogen-bond acceptors (Lipinski definition) is 3. The van der Waals surface area contributed by atoms with Gasteiger partial charge < -0.3 is 4.74 Å². The van der Waals surface area contributed by atoms with Gasteiger partial charge in [0.15, 0.2) is 0 Å². The quantitative estimate of drug-likeness (QED) is 0.865. The zero-order valence-corrected chi connectivity index (χ0v) is 12.8. The average Bonchev–Trinajstić information content (AvgIpc) is 2.40. The molecule has 0 bridgehead atoms. The SMILES string of the molecule is CCCc1c(Cl)[nH]c(=O)n(CC2(C)CCOCC2)c1=O. The van der Waals surface area contributed by atoms with E-state index >= 15 is 0 Å². The van der Waals surface area contributed by atoms with Crippen LogP contribution in [0.3, 0.4) is 0 Å². The highest BCUT2D eigenvalue weighted by Gasteiger charge is 2.29. The van der Waals surface area contributed by atoms with E-state index in [1.54, 1.807) is 0 Å². The van der Waals surface area contributed by atoms with Crippen LogP contribution in [0.5, 0.6) is 0 Å². The van der Waals surface area contributed by atoms with E-state index in [0.717, 1.165) is 19.3 Å². The summed E-state index contributed by atoms with van der Waals surface area (Å²) in [5.41, 5.74) is -0.253. The van der Waals surface area contributed by atoms with Crippen molar-refractivity contribution in [2.75, 3.05) is 13.2 Å². The van der Waals surface area contributed by atoms with Gasteiger partial charge in [-0.1, -0.05) is 31.9 Å². The van der Waals surface area contributed by atoms with E-state index in [1.165, 1.54) is 4.57 Å². The fourth-order valence-corrected chi connectivity index (χ4v) is 2.86. The van der Waals surface area contributed by atoms with Gasteiger partial charge in [0.1, 0.15) is 5.15 Å². The lowest BCUT2D eigenvalue weighted by molar-refractivity contribution is 0.0144. The summed E-state index contributed by atoms with van der Waals surface area (Å²) in [6, 6.07) is 0. The lowest BCUT2D eigenvalue weighted by Gasteiger charge is -2.33. The maximum atomic E-state index is 12.4. The molecule has 1 aliphatic rings. The molecule has 0 amide bonds. The Hall–Kier alpha value is -1.07. The molecule has 5 nitrogen and oxygen atoms in total. The van der Waals surface area contributed by atoms with Crippen LogP contribution in [0.1, 0.15) is 38.7 Å². The van der Waals surface area contributed by atoms with Crippen LogP contribution < -0.4 is 11.2 Å². The molecule has 0 atom stereocenters. The third-order valence-electron chi connectivity index (χ3n) is 3.97. The van der Waals surface area contributed by atoms with Gasteiger partial charge in [0, 0.05) is 19.8 Å². The minimum Gasteiger partial charge on any atom is -0.381 e. The predicted molar refractivity (Wildman–Crippen MR) is 78.5 cm³/mol. The molecule has 1 aliphatic heterocycles. The van der Waals surface area contributed by atoms with Crippen molar-refractivity contribution in [2.45, 2.75) is 46.1 Å². The van der Waals surface area contributed by atoms with E-state index in [2.05, 4.69) is 11.9 Å². The number of H-pyrrole nitrogens is 1. The molecular formula is C14H21ClN2O3. The molecule has 1 aromatic rings. The van der Waals surface area contributed by atoms with Crippen LogP contribution in [0, 0.1) is 5.41 Å². The fraction of sp³-hybridized carbons (Fsp3) is 0.714. The van der Waals surface area contributed by atoms with Crippen molar-refractivity contribution in [3.05, 3.63) is 31.6 Å². The van der Waals surface area contributed by atoms with Crippen LogP contribution in [-0.4, -0.2) is 22.8 Å². The van der Waals surface area contributed by atoms with Crippen molar-refractivity contribution in [3.63, 3.8) is 0 Å². The zero-order chi connectivity index (χ0) is 14.8. The second-order valence-corrected chi connectivity index (χ2v) is 6.16. The Kier molecular flexibility index (Phi) is 4.70. The highest BCUT2D eigenvalue weighted by Crippen LogP contribution is 2.30. The molecular weight excluding hydrogens is 280 g/mol. The smallest absolute Gasteiger partial charge is 0.329 e. The molecule has 112 valence electrons. The van der Waals surface area contributed by atoms with E-state index < -0.39 is 5.69 Å². The summed E-state index contributed by atoms with van der Waals surface area (Å²) in [5.74, 6) is 0. The summed E-state index contributed by atoms with van der Waals surface area (Å²) < 4.78 is 6.64. The van der Waals surface area contributed by atoms with E-state index in [4.69, 9.17) is 16.3 Å². The summed E-state index contributed by atoms with van der Waals surface area (Å²) in [4.78, 5) is 27.1. The normalized spacial score (nSPS) is 18.1. The number of nitrogens with zero attached hydrogens (tertiary/aromatic N) is 1. The lowest BCUT2D eigenvalue weighted by atomic mass is 9.82. The Balaban J connectivity index is 2.38. The third-order valence-corrected chi connectivity index (χ3v) is 4.29. The van der Waals surface area contributed by atoms with Gasteiger partial charge in [-0.15, -0.1) is 0 Å². The van der Waals surface area contributed by atoms with Crippen LogP contribution in [0.15, 0.2) is 9.59 Å². The van der Waals surface area contributed by atoms with E-state index in [1.807, 2.05) is 6.92 Å². The zero-order valence-electron chi connectivity index (χ0n) is 12.0. The number of halogens is 1. The van der Waals surface area contributed by atoms with Crippen LogP contribution in [0.4, 0.5) is 0 Å². The van der Waals surface area contributed by atoms with Crippen molar-refractivity contribution >= 4 is 11.6 Å². The first-order valence-corrected chi connectivity index (χ1v) is 7.44. The van der Waals surface area contributed by atoms with Crippen molar-refractivity contribution in [1.82, 2.24) is 9.55 Å². The maximum absolute atomic E-state index is 12.4. The summed E-state index contributed by atoms with van der Waals surface area (Å²) in [6.45, 7) is 5.84. The minimum absolute atomic E-state index is 0.0770. The molecule has 0 unspecified atom stereocenters. The molecule has 2 rings (SSSR count). The highest BCUT2D eigenvalue weighted by molar-refractivity contribution is 6.30. The maximum Gasteiger partial charge on any atom is 0.329 e. The Labute approximate surface area is 122 Å². The molecule has 1 fully saturated rings. The molecule has 0 radical (unpaired) electrons. The van der Waals surface area contributed by atoms with Crippen LogP contribution >= 0.6 is 11.6 Å². The molecule has 1 aromatic heterocycles. The summed E-state index contributed by atoms with van der Waals surface area (Å²) in [6.07, 6.45) is 3.09. The molecule has 20 heavy (non-hydrogen) atoms. The van der Waals surface area contributed by atoms with Crippen molar-refractivity contribution in [2.24, 2.45) is 5.41 Å². The van der Waals surface area contributed by atoms with Crippen LogP contribution in [0.25, 0.3) is 0 Å². The first-order chi connectivity index (χ1) is 9.47. The van der Waals surface area contributed by atoms with Crippen molar-refractivity contribution < 1.29 is 4.74 Å². The van der Waals surface area contributed by atoms with Gasteiger partial charge in [0.05, 0.1) is 5.56 Å². The van der Waals surface area contributed by atoms with Gasteiger partial charge in [-0.3, -0.25) is 14.3 Å². The van der Waals surface area contributed by atoms with Crippen molar-refractivity contribution in [1.29, 1.82) is 0 Å². The summed E-state index contributed by atoms with van der Waals surface area (Å²) in [5, 5.41) is 0.176. The molecule has 1 N–H and O–H groups in total. The summed E-state index contributed by atoms with van der Waals surface area (Å²) >= 11 is 5.97. The molecule has 2 heterocycles. The number of rotatable bonds is 4. The Morgan fingerprint density at radius 2 is 2.00 bits per heavy atom. The Bertz CT molecular complexity index is 585. The first-order valence-electron chi connectivity index (χ1n) is 7.06. The van der Waals surface area contributed by atoms with Gasteiger partial charge in [-0.05, 0) is 24.7 Å². The number of ether oxygens (including phenoxy) is 1. The third kappa shape index (κ3) is 3.15. The van der Waals surface area contributed by atoms with E-state index in [-0.39, 0.29) is 16.1 Å². The average molecular weight is 301 g/mol. The largest absolute Gasteiger partial charge is 0.381 e. The molecule has 6 heteroatoms. The lowest BCUT2D eigenvalue weighted by Crippen LogP contribution is -2.43. The second-order valence-electron chi connectivity index (χ2n) is 5.79. The fourth-order valence-electron chi connectivity index (χ4n) is 2.60. The van der Waals surface area contributed by atoms with Gasteiger partial charge in [-0.25, -0.2) is 4.79 Å². The first kappa shape index (κ1) is 15.3. The Morgan fingerprint density at radius 3 is 2.60 bits per heavy atom.